The van der Waals surface area contributed by atoms with E-state index in [0.29, 0.717) is 12.6 Å². The number of hydrogen-bond donors (Lipinski definition) is 2. The minimum Gasteiger partial charge on any atom is -0.350 e. The molecule has 1 unspecified atom stereocenters. The summed E-state index contributed by atoms with van der Waals surface area (Å²) < 4.78 is 0. The summed E-state index contributed by atoms with van der Waals surface area (Å²) in [5, 5.41) is 6.60. The fourth-order valence-corrected chi connectivity index (χ4v) is 3.54. The van der Waals surface area contributed by atoms with Crippen LogP contribution in [0.25, 0.3) is 0 Å². The second kappa shape index (κ2) is 6.92. The first kappa shape index (κ1) is 17.5. The zero-order valence-electron chi connectivity index (χ0n) is 12.7. The van der Waals surface area contributed by atoms with E-state index in [0.717, 1.165) is 11.4 Å². The Hall–Kier alpha value is -0.580. The van der Waals surface area contributed by atoms with Crippen molar-refractivity contribution in [2.24, 2.45) is 5.41 Å². The van der Waals surface area contributed by atoms with Gasteiger partial charge in [0, 0.05) is 17.5 Å². The number of hydrogen-bond acceptors (Lipinski definition) is 3. The molecule has 0 saturated carbocycles. The van der Waals surface area contributed by atoms with Crippen LogP contribution in [0.3, 0.4) is 0 Å². The van der Waals surface area contributed by atoms with E-state index >= 15 is 0 Å². The lowest BCUT2D eigenvalue weighted by molar-refractivity contribution is 0.0933. The predicted octanol–water partition coefficient (Wildman–Crippen LogP) is 3.29. The fourth-order valence-electron chi connectivity index (χ4n) is 2.59. The molecule has 20 heavy (non-hydrogen) atoms. The molecule has 1 aromatic rings. The third-order valence-corrected chi connectivity index (χ3v) is 5.34. The average Bonchev–Trinajstić information content (AvgIpc) is 2.67. The van der Waals surface area contributed by atoms with E-state index in [1.54, 1.807) is 11.3 Å². The molecule has 1 aromatic heterocycles. The van der Waals surface area contributed by atoms with Crippen molar-refractivity contribution in [1.29, 1.82) is 0 Å². The number of amides is 1. The van der Waals surface area contributed by atoms with Crippen LogP contribution in [0.15, 0.2) is 6.07 Å². The maximum atomic E-state index is 12.1. The molecule has 2 heterocycles. The quantitative estimate of drug-likeness (QED) is 0.898. The standard InChI is InChI=1S/C15H24N2OS.ClH/c1-10-8-12(19-11(10)2)14(18)17-9-13-15(3,4)6-5-7-16-13;/h8,13,16H,5-7,9H2,1-4H3,(H,17,18);1H. The van der Waals surface area contributed by atoms with Gasteiger partial charge in [-0.15, -0.1) is 23.7 Å². The highest BCUT2D eigenvalue weighted by Crippen LogP contribution is 2.29. The Morgan fingerprint density at radius 2 is 2.20 bits per heavy atom. The maximum Gasteiger partial charge on any atom is 0.261 e. The Labute approximate surface area is 131 Å². The van der Waals surface area contributed by atoms with Crippen LogP contribution >= 0.6 is 23.7 Å². The molecule has 0 spiro atoms. The van der Waals surface area contributed by atoms with E-state index < -0.39 is 0 Å². The van der Waals surface area contributed by atoms with Gasteiger partial charge in [0.2, 0.25) is 0 Å². The topological polar surface area (TPSA) is 41.1 Å². The van der Waals surface area contributed by atoms with E-state index in [9.17, 15) is 4.79 Å². The normalized spacial score (nSPS) is 21.1. The summed E-state index contributed by atoms with van der Waals surface area (Å²) in [5.74, 6) is 0.0596. The summed E-state index contributed by atoms with van der Waals surface area (Å²) >= 11 is 1.58. The van der Waals surface area contributed by atoms with Crippen LogP contribution in [0, 0.1) is 19.3 Å². The van der Waals surface area contributed by atoms with Gasteiger partial charge >= 0.3 is 0 Å². The molecule has 1 fully saturated rings. The minimum absolute atomic E-state index is 0. The highest BCUT2D eigenvalue weighted by molar-refractivity contribution is 7.14. The molecule has 2 rings (SSSR count). The number of halogens is 1. The molecule has 0 aliphatic carbocycles. The summed E-state index contributed by atoms with van der Waals surface area (Å²) in [6, 6.07) is 2.35. The number of carbonyl (C=O) groups excluding carboxylic acids is 1. The first-order chi connectivity index (χ1) is 8.90. The largest absolute Gasteiger partial charge is 0.350 e. The zero-order chi connectivity index (χ0) is 14.0. The monoisotopic (exact) mass is 316 g/mol. The van der Waals surface area contributed by atoms with Crippen molar-refractivity contribution < 1.29 is 4.79 Å². The number of rotatable bonds is 3. The highest BCUT2D eigenvalue weighted by atomic mass is 35.5. The predicted molar refractivity (Wildman–Crippen MR) is 88.2 cm³/mol. The van der Waals surface area contributed by atoms with Crippen molar-refractivity contribution in [3.63, 3.8) is 0 Å². The Balaban J connectivity index is 0.00000200. The van der Waals surface area contributed by atoms with Crippen molar-refractivity contribution in [3.05, 3.63) is 21.4 Å². The SMILES string of the molecule is Cc1cc(C(=O)NCC2NCCCC2(C)C)sc1C.Cl. The molecule has 1 aliphatic heterocycles. The third-order valence-electron chi connectivity index (χ3n) is 4.19. The summed E-state index contributed by atoms with van der Waals surface area (Å²) in [6.45, 7) is 10.4. The van der Waals surface area contributed by atoms with Crippen LogP contribution in [0.1, 0.15) is 46.8 Å². The van der Waals surface area contributed by atoms with Gasteiger partial charge in [0.15, 0.2) is 0 Å². The van der Waals surface area contributed by atoms with E-state index in [-0.39, 0.29) is 23.7 Å². The molecular weight excluding hydrogens is 292 g/mol. The Kier molecular flexibility index (Phi) is 6.05. The minimum atomic E-state index is 0. The summed E-state index contributed by atoms with van der Waals surface area (Å²) in [5.41, 5.74) is 1.46. The molecule has 1 aliphatic rings. The number of carbonyl (C=O) groups is 1. The van der Waals surface area contributed by atoms with Gasteiger partial charge in [-0.05, 0) is 50.3 Å². The highest BCUT2D eigenvalue weighted by Gasteiger charge is 2.32. The van der Waals surface area contributed by atoms with Crippen molar-refractivity contribution in [3.8, 4) is 0 Å². The fraction of sp³-hybridized carbons (Fsp3) is 0.667. The number of piperidine rings is 1. The second-order valence-corrected chi connectivity index (χ2v) is 7.42. The molecule has 0 bridgehead atoms. The van der Waals surface area contributed by atoms with Crippen molar-refractivity contribution in [2.75, 3.05) is 13.1 Å². The van der Waals surface area contributed by atoms with Gasteiger partial charge in [-0.1, -0.05) is 13.8 Å². The van der Waals surface area contributed by atoms with E-state index in [1.807, 2.05) is 6.07 Å². The van der Waals surface area contributed by atoms with Gasteiger partial charge in [-0.3, -0.25) is 4.79 Å². The molecular formula is C15H25ClN2OS. The molecule has 1 amide bonds. The van der Waals surface area contributed by atoms with Gasteiger partial charge < -0.3 is 10.6 Å². The van der Waals surface area contributed by atoms with Crippen LogP contribution in [0.2, 0.25) is 0 Å². The summed E-state index contributed by atoms with van der Waals surface area (Å²) in [4.78, 5) is 14.2. The maximum absolute atomic E-state index is 12.1. The van der Waals surface area contributed by atoms with Gasteiger partial charge in [0.05, 0.1) is 4.88 Å². The van der Waals surface area contributed by atoms with Crippen molar-refractivity contribution in [2.45, 2.75) is 46.6 Å². The number of aryl methyl sites for hydroxylation is 2. The lowest BCUT2D eigenvalue weighted by atomic mass is 9.77. The average molecular weight is 317 g/mol. The van der Waals surface area contributed by atoms with Crippen LogP contribution in [-0.2, 0) is 0 Å². The van der Waals surface area contributed by atoms with Crippen molar-refractivity contribution >= 4 is 29.7 Å². The lowest BCUT2D eigenvalue weighted by Crippen LogP contribution is -2.52. The smallest absolute Gasteiger partial charge is 0.261 e. The lowest BCUT2D eigenvalue weighted by Gasteiger charge is -2.39. The first-order valence-electron chi connectivity index (χ1n) is 6.99. The zero-order valence-corrected chi connectivity index (χ0v) is 14.3. The second-order valence-electron chi connectivity index (χ2n) is 6.16. The van der Waals surface area contributed by atoms with E-state index in [2.05, 4.69) is 38.3 Å². The molecule has 2 N–H and O–H groups in total. The third kappa shape index (κ3) is 3.96. The van der Waals surface area contributed by atoms with E-state index in [4.69, 9.17) is 0 Å². The Morgan fingerprint density at radius 1 is 1.50 bits per heavy atom. The van der Waals surface area contributed by atoms with Gasteiger partial charge in [0.1, 0.15) is 0 Å². The van der Waals surface area contributed by atoms with Crippen molar-refractivity contribution in [1.82, 2.24) is 10.6 Å². The molecule has 1 saturated heterocycles. The molecule has 5 heteroatoms. The summed E-state index contributed by atoms with van der Waals surface area (Å²) in [7, 11) is 0. The molecule has 3 nitrogen and oxygen atoms in total. The van der Waals surface area contributed by atoms with Gasteiger partial charge in [-0.2, -0.15) is 0 Å². The van der Waals surface area contributed by atoms with Crippen LogP contribution in [-0.4, -0.2) is 25.0 Å². The molecule has 0 radical (unpaired) electrons. The Morgan fingerprint density at radius 3 is 2.75 bits per heavy atom. The van der Waals surface area contributed by atoms with Crippen LogP contribution in [0.4, 0.5) is 0 Å². The summed E-state index contributed by atoms with van der Waals surface area (Å²) in [6.07, 6.45) is 2.44. The van der Waals surface area contributed by atoms with Crippen LogP contribution < -0.4 is 10.6 Å². The van der Waals surface area contributed by atoms with Gasteiger partial charge in [-0.25, -0.2) is 0 Å². The molecule has 1 atom stereocenters. The first-order valence-corrected chi connectivity index (χ1v) is 7.80. The molecule has 0 aromatic carbocycles. The molecule has 114 valence electrons. The number of thiophene rings is 1. The van der Waals surface area contributed by atoms with Gasteiger partial charge in [0.25, 0.3) is 5.91 Å². The van der Waals surface area contributed by atoms with Crippen LogP contribution in [0.5, 0.6) is 0 Å². The van der Waals surface area contributed by atoms with E-state index in [1.165, 1.54) is 23.3 Å². The Bertz CT molecular complexity index is 451. The number of nitrogens with one attached hydrogen (secondary N) is 2.